The third kappa shape index (κ3) is 3.99. The molecule has 2 aliphatic carbocycles. The van der Waals surface area contributed by atoms with Gasteiger partial charge in [0.25, 0.3) is 0 Å². The van der Waals surface area contributed by atoms with E-state index in [1.54, 1.807) is 14.2 Å². The zero-order valence-electron chi connectivity index (χ0n) is 22.4. The SMILES string of the molecule is COC1(OC)[C+]2CCC1c1cccc(c1)-c1cccc(c1)-c1cccc(c1)-c1cccc(c1)-c1cccc2c1. The number of hydrogen-bond donors (Lipinski definition) is 0. The highest BCUT2D eigenvalue weighted by atomic mass is 16.7. The molecule has 2 nitrogen and oxygen atoms in total. The fourth-order valence-corrected chi connectivity index (χ4v) is 6.67. The van der Waals surface area contributed by atoms with Gasteiger partial charge in [-0.25, -0.2) is 0 Å². The Kier molecular flexibility index (Phi) is 5.88. The smallest absolute Gasteiger partial charge is 0.246 e. The molecule has 7 rings (SSSR count). The maximum Gasteiger partial charge on any atom is 0.246 e. The normalized spacial score (nSPS) is 16.9. The van der Waals surface area contributed by atoms with Gasteiger partial charge >= 0.3 is 0 Å². The van der Waals surface area contributed by atoms with Gasteiger partial charge in [-0.3, -0.25) is 0 Å². The van der Waals surface area contributed by atoms with Gasteiger partial charge in [-0.1, -0.05) is 78.9 Å². The van der Waals surface area contributed by atoms with Gasteiger partial charge in [-0.05, 0) is 81.3 Å². The second-order valence-corrected chi connectivity index (χ2v) is 10.6. The minimum absolute atomic E-state index is 0.0909. The lowest BCUT2D eigenvalue weighted by Gasteiger charge is -2.34. The first kappa shape index (κ1) is 24.0. The van der Waals surface area contributed by atoms with E-state index in [2.05, 4.69) is 121 Å². The predicted octanol–water partition coefficient (Wildman–Crippen LogP) is 9.16. The second kappa shape index (κ2) is 9.57. The van der Waals surface area contributed by atoms with Gasteiger partial charge in [0.05, 0.1) is 17.9 Å². The van der Waals surface area contributed by atoms with E-state index in [9.17, 15) is 0 Å². The molecule has 0 amide bonds. The highest BCUT2D eigenvalue weighted by Gasteiger charge is 2.57. The number of ether oxygens (including phenoxy) is 2. The summed E-state index contributed by atoms with van der Waals surface area (Å²) in [6.45, 7) is 0. The second-order valence-electron chi connectivity index (χ2n) is 10.6. The van der Waals surface area contributed by atoms with Crippen LogP contribution in [0.4, 0.5) is 0 Å². The Hall–Kier alpha value is -4.11. The summed E-state index contributed by atoms with van der Waals surface area (Å²) in [7, 11) is 3.56. The summed E-state index contributed by atoms with van der Waals surface area (Å²) >= 11 is 0. The topological polar surface area (TPSA) is 18.5 Å². The minimum Gasteiger partial charge on any atom is -0.339 e. The highest BCUT2D eigenvalue weighted by molar-refractivity contribution is 5.79. The molecular formula is C37H31O2+. The maximum atomic E-state index is 6.31. The molecular weight excluding hydrogens is 476 g/mol. The Balaban J connectivity index is 1.48. The molecule has 0 aromatic heterocycles. The van der Waals surface area contributed by atoms with Crippen molar-refractivity contribution in [3.63, 3.8) is 0 Å². The van der Waals surface area contributed by atoms with Crippen LogP contribution in [-0.4, -0.2) is 20.0 Å². The van der Waals surface area contributed by atoms with Gasteiger partial charge in [-0.15, -0.1) is 0 Å². The van der Waals surface area contributed by atoms with E-state index in [4.69, 9.17) is 9.47 Å². The fourth-order valence-electron chi connectivity index (χ4n) is 6.67. The van der Waals surface area contributed by atoms with E-state index in [0.29, 0.717) is 0 Å². The Morgan fingerprint density at radius 1 is 0.538 bits per heavy atom. The Morgan fingerprint density at radius 2 is 0.949 bits per heavy atom. The molecule has 2 aliphatic rings. The first-order valence-corrected chi connectivity index (χ1v) is 13.7. The van der Waals surface area contributed by atoms with Gasteiger partial charge in [0.15, 0.2) is 0 Å². The van der Waals surface area contributed by atoms with Gasteiger partial charge in [0, 0.05) is 32.3 Å². The van der Waals surface area contributed by atoms with Crippen LogP contribution >= 0.6 is 0 Å². The monoisotopic (exact) mass is 507 g/mol. The molecule has 5 aromatic rings. The third-order valence-corrected chi connectivity index (χ3v) is 8.59. The molecule has 12 bridgehead atoms. The van der Waals surface area contributed by atoms with Crippen LogP contribution in [0.2, 0.25) is 0 Å². The minimum atomic E-state index is -0.816. The maximum absolute atomic E-state index is 6.31. The molecule has 0 saturated heterocycles. The summed E-state index contributed by atoms with van der Waals surface area (Å²) in [6, 6.07) is 44.3. The van der Waals surface area contributed by atoms with E-state index in [0.717, 1.165) is 12.8 Å². The first-order valence-electron chi connectivity index (χ1n) is 13.7. The van der Waals surface area contributed by atoms with Gasteiger partial charge in [-0.2, -0.15) is 0 Å². The van der Waals surface area contributed by atoms with Gasteiger partial charge in [0.1, 0.15) is 5.56 Å². The van der Waals surface area contributed by atoms with Crippen LogP contribution in [0.1, 0.15) is 29.9 Å². The Morgan fingerprint density at radius 3 is 1.44 bits per heavy atom. The van der Waals surface area contributed by atoms with Crippen molar-refractivity contribution in [2.45, 2.75) is 24.5 Å². The van der Waals surface area contributed by atoms with Crippen molar-refractivity contribution >= 4 is 0 Å². The molecule has 39 heavy (non-hydrogen) atoms. The fraction of sp³-hybridized carbons (Fsp3) is 0.162. The van der Waals surface area contributed by atoms with Crippen LogP contribution in [0.3, 0.4) is 0 Å². The summed E-state index contributed by atoms with van der Waals surface area (Å²) in [5.74, 6) is 0.481. The van der Waals surface area contributed by atoms with Crippen molar-refractivity contribution in [1.82, 2.24) is 0 Å². The average Bonchev–Trinajstić information content (AvgIpc) is 3.41. The van der Waals surface area contributed by atoms with Crippen molar-refractivity contribution in [3.8, 4) is 44.5 Å². The van der Waals surface area contributed by atoms with E-state index >= 15 is 0 Å². The molecule has 2 heteroatoms. The summed E-state index contributed by atoms with van der Waals surface area (Å²) < 4.78 is 12.6. The number of hydrogen-bond acceptors (Lipinski definition) is 2. The molecule has 0 N–H and O–H groups in total. The zero-order chi connectivity index (χ0) is 26.4. The van der Waals surface area contributed by atoms with Crippen LogP contribution in [0.15, 0.2) is 121 Å². The van der Waals surface area contributed by atoms with Crippen molar-refractivity contribution in [3.05, 3.63) is 138 Å². The molecule has 1 saturated carbocycles. The van der Waals surface area contributed by atoms with Crippen molar-refractivity contribution in [1.29, 1.82) is 0 Å². The summed E-state index contributed by atoms with van der Waals surface area (Å²) in [5.41, 5.74) is 12.1. The lowest BCUT2D eigenvalue weighted by atomic mass is 9.84. The van der Waals surface area contributed by atoms with Crippen molar-refractivity contribution in [2.75, 3.05) is 14.2 Å². The predicted molar refractivity (Wildman–Crippen MR) is 159 cm³/mol. The molecule has 0 radical (unpaired) electrons. The van der Waals surface area contributed by atoms with Crippen LogP contribution in [0, 0.1) is 5.92 Å². The Labute approximate surface area is 230 Å². The van der Waals surface area contributed by atoms with E-state index in [1.165, 1.54) is 61.6 Å². The van der Waals surface area contributed by atoms with E-state index < -0.39 is 5.79 Å². The van der Waals surface area contributed by atoms with Crippen LogP contribution in [-0.2, 0) is 9.47 Å². The van der Waals surface area contributed by atoms with Crippen LogP contribution in [0.25, 0.3) is 44.5 Å². The quantitative estimate of drug-likeness (QED) is 0.175. The zero-order valence-corrected chi connectivity index (χ0v) is 22.4. The van der Waals surface area contributed by atoms with Crippen LogP contribution < -0.4 is 0 Å². The molecule has 1 fully saturated rings. The molecule has 1 unspecified atom stereocenters. The molecule has 0 aliphatic heterocycles. The molecule has 0 spiro atoms. The van der Waals surface area contributed by atoms with Crippen molar-refractivity contribution in [2.24, 2.45) is 0 Å². The number of fused-ring (bicyclic) bond motifs is 18. The Bertz CT molecular complexity index is 1550. The van der Waals surface area contributed by atoms with Crippen LogP contribution in [0.5, 0.6) is 0 Å². The molecule has 190 valence electrons. The number of methoxy groups -OCH3 is 2. The average molecular weight is 508 g/mol. The largest absolute Gasteiger partial charge is 0.339 e. The van der Waals surface area contributed by atoms with E-state index in [-0.39, 0.29) is 5.92 Å². The molecule has 5 aromatic carbocycles. The molecule has 1 atom stereocenters. The summed E-state index contributed by atoms with van der Waals surface area (Å²) in [6.07, 6.45) is 1.88. The standard InChI is InChI=1S/C37H31O2/c1-38-37(39-2)35-18-19-36(37)34-17-7-15-32(24-34)30-13-5-11-28(22-30)26-9-3-8-25(20-26)27-10-4-12-29(21-27)31-14-6-16-33(35)23-31/h3-17,20-24,35H,18-19H2,1-2H3/q+1. The summed E-state index contributed by atoms with van der Waals surface area (Å²) in [4.78, 5) is 0. The van der Waals surface area contributed by atoms with E-state index in [1.807, 2.05) is 0 Å². The lowest BCUT2D eigenvalue weighted by molar-refractivity contribution is -0.195. The van der Waals surface area contributed by atoms with Gasteiger partial charge in [0.2, 0.25) is 5.79 Å². The highest BCUT2D eigenvalue weighted by Crippen LogP contribution is 2.54. The number of rotatable bonds is 2. The summed E-state index contributed by atoms with van der Waals surface area (Å²) in [5, 5.41) is 0. The third-order valence-electron chi connectivity index (χ3n) is 8.59. The van der Waals surface area contributed by atoms with Crippen molar-refractivity contribution < 1.29 is 9.47 Å². The molecule has 0 heterocycles. The first-order chi connectivity index (χ1) is 19.2. The number of benzene rings is 5. The van der Waals surface area contributed by atoms with Gasteiger partial charge < -0.3 is 9.47 Å². The lowest BCUT2D eigenvalue weighted by Crippen LogP contribution is -2.42.